The number of carbonyl (C=O) groups excluding carboxylic acids is 2. The molecule has 2 aromatic rings. The number of benzene rings is 2. The van der Waals surface area contributed by atoms with Crippen LogP contribution in [0.4, 0.5) is 14.9 Å². The molecule has 0 aliphatic heterocycles. The van der Waals surface area contributed by atoms with Crippen molar-refractivity contribution in [3.63, 3.8) is 0 Å². The molecule has 0 aliphatic rings. The number of hydrogen-bond acceptors (Lipinski definition) is 4. The van der Waals surface area contributed by atoms with Crippen LogP contribution in [-0.4, -0.2) is 24.7 Å². The van der Waals surface area contributed by atoms with Gasteiger partial charge in [0.15, 0.2) is 11.6 Å². The van der Waals surface area contributed by atoms with Crippen molar-refractivity contribution in [2.24, 2.45) is 0 Å². The molecule has 0 bridgehead atoms. The molecule has 0 spiro atoms. The molecule has 2 N–H and O–H groups in total. The second-order valence-corrected chi connectivity index (χ2v) is 7.29. The Balaban J connectivity index is 1.99. The van der Waals surface area contributed by atoms with Crippen molar-refractivity contribution in [1.29, 1.82) is 0 Å². The number of rotatable bonds is 5. The summed E-state index contributed by atoms with van der Waals surface area (Å²) in [5.41, 5.74) is 0.947. The zero-order chi connectivity index (χ0) is 20.9. The second-order valence-electron chi connectivity index (χ2n) is 7.29. The lowest BCUT2D eigenvalue weighted by Gasteiger charge is -2.19. The molecular formula is C21H25FN2O4. The quantitative estimate of drug-likeness (QED) is 0.780. The standard InChI is InChI=1S/C21H25FN2O4/c1-13(15-8-11-18(27-5)17(22)12-15)23-19(25)14-6-9-16(10-7-14)24-20(26)28-21(2,3)4/h6-13H,1-5H3,(H,23,25)(H,24,26). The van der Waals surface area contributed by atoms with E-state index < -0.39 is 23.6 Å². The van der Waals surface area contributed by atoms with Crippen molar-refractivity contribution in [1.82, 2.24) is 5.32 Å². The van der Waals surface area contributed by atoms with Gasteiger partial charge in [-0.05, 0) is 69.7 Å². The van der Waals surface area contributed by atoms with Crippen LogP contribution in [0.5, 0.6) is 5.75 Å². The van der Waals surface area contributed by atoms with Gasteiger partial charge in [-0.3, -0.25) is 10.1 Å². The van der Waals surface area contributed by atoms with Gasteiger partial charge in [0.1, 0.15) is 5.60 Å². The maximum Gasteiger partial charge on any atom is 0.412 e. The van der Waals surface area contributed by atoms with Crippen LogP contribution in [-0.2, 0) is 4.74 Å². The van der Waals surface area contributed by atoms with Gasteiger partial charge < -0.3 is 14.8 Å². The van der Waals surface area contributed by atoms with Crippen molar-refractivity contribution in [3.05, 3.63) is 59.4 Å². The first kappa shape index (κ1) is 21.2. The number of nitrogens with one attached hydrogen (secondary N) is 2. The number of carbonyl (C=O) groups is 2. The average molecular weight is 388 g/mol. The van der Waals surface area contributed by atoms with Crippen molar-refractivity contribution < 1.29 is 23.5 Å². The highest BCUT2D eigenvalue weighted by Crippen LogP contribution is 2.22. The van der Waals surface area contributed by atoms with Crippen molar-refractivity contribution in [2.75, 3.05) is 12.4 Å². The molecule has 1 atom stereocenters. The fraction of sp³-hybridized carbons (Fsp3) is 0.333. The molecule has 28 heavy (non-hydrogen) atoms. The molecule has 0 saturated carbocycles. The molecule has 2 rings (SSSR count). The summed E-state index contributed by atoms with van der Waals surface area (Å²) in [6.45, 7) is 7.08. The summed E-state index contributed by atoms with van der Waals surface area (Å²) in [5, 5.41) is 5.41. The van der Waals surface area contributed by atoms with Gasteiger partial charge in [0, 0.05) is 11.3 Å². The third-order valence-electron chi connectivity index (χ3n) is 3.82. The first-order chi connectivity index (χ1) is 13.1. The molecular weight excluding hydrogens is 363 g/mol. The molecule has 0 fully saturated rings. The van der Waals surface area contributed by atoms with Gasteiger partial charge in [-0.25, -0.2) is 9.18 Å². The molecule has 0 heterocycles. The SMILES string of the molecule is COc1ccc(C(C)NC(=O)c2ccc(NC(=O)OC(C)(C)C)cc2)cc1F. The van der Waals surface area contributed by atoms with E-state index in [9.17, 15) is 14.0 Å². The van der Waals surface area contributed by atoms with Crippen LogP contribution >= 0.6 is 0 Å². The van der Waals surface area contributed by atoms with Crippen LogP contribution in [0.25, 0.3) is 0 Å². The predicted octanol–water partition coefficient (Wildman–Crippen LogP) is 4.67. The maximum atomic E-state index is 13.8. The Kier molecular flexibility index (Phi) is 6.62. The fourth-order valence-corrected chi connectivity index (χ4v) is 2.44. The van der Waals surface area contributed by atoms with E-state index in [2.05, 4.69) is 10.6 Å². The van der Waals surface area contributed by atoms with Gasteiger partial charge in [-0.2, -0.15) is 0 Å². The van der Waals surface area contributed by atoms with Gasteiger partial charge in [-0.1, -0.05) is 6.07 Å². The van der Waals surface area contributed by atoms with Gasteiger partial charge in [0.05, 0.1) is 13.2 Å². The molecule has 150 valence electrons. The minimum Gasteiger partial charge on any atom is -0.494 e. The Morgan fingerprint density at radius 1 is 1.07 bits per heavy atom. The summed E-state index contributed by atoms with van der Waals surface area (Å²) >= 11 is 0. The Hall–Kier alpha value is -3.09. The molecule has 6 nitrogen and oxygen atoms in total. The minimum atomic E-state index is -0.596. The van der Waals surface area contributed by atoms with Crippen LogP contribution in [0.3, 0.4) is 0 Å². The third-order valence-corrected chi connectivity index (χ3v) is 3.82. The molecule has 0 aromatic heterocycles. The van der Waals surface area contributed by atoms with E-state index >= 15 is 0 Å². The van der Waals surface area contributed by atoms with E-state index in [-0.39, 0.29) is 11.7 Å². The summed E-state index contributed by atoms with van der Waals surface area (Å²) in [6, 6.07) is 10.5. The average Bonchev–Trinajstić information content (AvgIpc) is 2.60. The first-order valence-corrected chi connectivity index (χ1v) is 8.83. The number of methoxy groups -OCH3 is 1. The number of anilines is 1. The first-order valence-electron chi connectivity index (χ1n) is 8.83. The molecule has 2 amide bonds. The number of amides is 2. The summed E-state index contributed by atoms with van der Waals surface area (Å²) in [7, 11) is 1.39. The fourth-order valence-electron chi connectivity index (χ4n) is 2.44. The zero-order valence-corrected chi connectivity index (χ0v) is 16.6. The van der Waals surface area contributed by atoms with Crippen LogP contribution < -0.4 is 15.4 Å². The highest BCUT2D eigenvalue weighted by atomic mass is 19.1. The molecule has 7 heteroatoms. The van der Waals surface area contributed by atoms with E-state index in [4.69, 9.17) is 9.47 Å². The molecule has 0 radical (unpaired) electrons. The lowest BCUT2D eigenvalue weighted by atomic mass is 10.1. The second kappa shape index (κ2) is 8.73. The Bertz CT molecular complexity index is 844. The highest BCUT2D eigenvalue weighted by Gasteiger charge is 2.17. The van der Waals surface area contributed by atoms with Crippen molar-refractivity contribution >= 4 is 17.7 Å². The van der Waals surface area contributed by atoms with Crippen molar-refractivity contribution in [3.8, 4) is 5.75 Å². The minimum absolute atomic E-state index is 0.148. The maximum absolute atomic E-state index is 13.8. The largest absolute Gasteiger partial charge is 0.494 e. The van der Waals surface area contributed by atoms with E-state index in [1.165, 1.54) is 19.2 Å². The third kappa shape index (κ3) is 5.97. The van der Waals surface area contributed by atoms with Crippen molar-refractivity contribution in [2.45, 2.75) is 39.3 Å². The van der Waals surface area contributed by atoms with E-state index in [1.54, 1.807) is 58.0 Å². The Morgan fingerprint density at radius 3 is 2.25 bits per heavy atom. The highest BCUT2D eigenvalue weighted by molar-refractivity contribution is 5.95. The molecule has 0 saturated heterocycles. The molecule has 2 aromatic carbocycles. The van der Waals surface area contributed by atoms with Gasteiger partial charge in [0.25, 0.3) is 5.91 Å². The Morgan fingerprint density at radius 2 is 1.71 bits per heavy atom. The number of hydrogen-bond donors (Lipinski definition) is 2. The lowest BCUT2D eigenvalue weighted by Crippen LogP contribution is -2.27. The zero-order valence-electron chi connectivity index (χ0n) is 16.6. The van der Waals surface area contributed by atoms with Gasteiger partial charge in [0.2, 0.25) is 0 Å². The Labute approximate surface area is 164 Å². The van der Waals surface area contributed by atoms with Crippen LogP contribution in [0, 0.1) is 5.82 Å². The van der Waals surface area contributed by atoms with Crippen LogP contribution in [0.1, 0.15) is 49.7 Å². The monoisotopic (exact) mass is 388 g/mol. The number of halogens is 1. The molecule has 0 aliphatic carbocycles. The van der Waals surface area contributed by atoms with Crippen LogP contribution in [0.2, 0.25) is 0 Å². The lowest BCUT2D eigenvalue weighted by molar-refractivity contribution is 0.0635. The van der Waals surface area contributed by atoms with E-state index in [0.717, 1.165) is 0 Å². The predicted molar refractivity (Wildman–Crippen MR) is 105 cm³/mol. The summed E-state index contributed by atoms with van der Waals surface area (Å²) < 4.78 is 23.9. The van der Waals surface area contributed by atoms with Gasteiger partial charge >= 0.3 is 6.09 Å². The topological polar surface area (TPSA) is 76.7 Å². The van der Waals surface area contributed by atoms with E-state index in [0.29, 0.717) is 16.8 Å². The smallest absolute Gasteiger partial charge is 0.412 e. The number of ether oxygens (including phenoxy) is 2. The summed E-state index contributed by atoms with van der Waals surface area (Å²) in [4.78, 5) is 24.2. The normalized spacial score (nSPS) is 12.1. The summed E-state index contributed by atoms with van der Waals surface area (Å²) in [5.74, 6) is -0.651. The van der Waals surface area contributed by atoms with Gasteiger partial charge in [-0.15, -0.1) is 0 Å². The van der Waals surface area contributed by atoms with E-state index in [1.807, 2.05) is 0 Å². The summed E-state index contributed by atoms with van der Waals surface area (Å²) in [6.07, 6.45) is -0.570. The molecule has 1 unspecified atom stereocenters. The van der Waals surface area contributed by atoms with Crippen LogP contribution in [0.15, 0.2) is 42.5 Å².